The molecule has 0 radical (unpaired) electrons. The van der Waals surface area contributed by atoms with E-state index < -0.39 is 0 Å². The van der Waals surface area contributed by atoms with E-state index in [1.807, 2.05) is 30.6 Å². The van der Waals surface area contributed by atoms with Crippen LogP contribution >= 0.6 is 0 Å². The number of pyridine rings is 2. The van der Waals surface area contributed by atoms with Gasteiger partial charge < -0.3 is 0 Å². The minimum absolute atomic E-state index is 0.908. The molecular formula is C32H19N3. The van der Waals surface area contributed by atoms with Crippen molar-refractivity contribution in [3.05, 3.63) is 116 Å². The second kappa shape index (κ2) is 6.87. The van der Waals surface area contributed by atoms with Crippen LogP contribution in [0, 0.1) is 0 Å². The summed E-state index contributed by atoms with van der Waals surface area (Å²) in [5.74, 6) is 0.908. The van der Waals surface area contributed by atoms with E-state index in [0.29, 0.717) is 0 Å². The molecule has 35 heavy (non-hydrogen) atoms. The normalized spacial score (nSPS) is 12.0. The highest BCUT2D eigenvalue weighted by Gasteiger charge is 2.18. The minimum Gasteiger partial charge on any atom is -0.293 e. The van der Waals surface area contributed by atoms with Gasteiger partial charge in [-0.05, 0) is 63.3 Å². The van der Waals surface area contributed by atoms with Crippen LogP contribution in [0.2, 0.25) is 0 Å². The highest BCUT2D eigenvalue weighted by Crippen LogP contribution is 2.42. The van der Waals surface area contributed by atoms with Crippen LogP contribution in [0.3, 0.4) is 0 Å². The lowest BCUT2D eigenvalue weighted by Crippen LogP contribution is -1.98. The molecule has 0 amide bonds. The zero-order chi connectivity index (χ0) is 22.9. The van der Waals surface area contributed by atoms with Crippen molar-refractivity contribution in [3.63, 3.8) is 0 Å². The zero-order valence-electron chi connectivity index (χ0n) is 18.8. The third-order valence-electron chi connectivity index (χ3n) is 7.22. The number of aromatic nitrogens is 3. The number of fused-ring (bicyclic) bond motifs is 4. The molecule has 0 aliphatic rings. The molecule has 3 heteroatoms. The quantitative estimate of drug-likeness (QED) is 0.251. The van der Waals surface area contributed by atoms with Gasteiger partial charge in [0.2, 0.25) is 0 Å². The lowest BCUT2D eigenvalue weighted by Gasteiger charge is -2.14. The fourth-order valence-electron chi connectivity index (χ4n) is 5.70. The molecular weight excluding hydrogens is 426 g/mol. The zero-order valence-corrected chi connectivity index (χ0v) is 18.8. The monoisotopic (exact) mass is 445 g/mol. The van der Waals surface area contributed by atoms with Crippen LogP contribution in [0.1, 0.15) is 0 Å². The number of para-hydroxylation sites is 1. The first-order chi connectivity index (χ1) is 17.4. The van der Waals surface area contributed by atoms with E-state index in [9.17, 15) is 0 Å². The summed E-state index contributed by atoms with van der Waals surface area (Å²) >= 11 is 0. The fraction of sp³-hybridized carbons (Fsp3) is 0. The van der Waals surface area contributed by atoms with Crippen molar-refractivity contribution in [2.45, 2.75) is 0 Å². The Kier molecular flexibility index (Phi) is 3.66. The van der Waals surface area contributed by atoms with Gasteiger partial charge in [-0.25, -0.2) is 4.98 Å². The molecule has 0 saturated carbocycles. The average Bonchev–Trinajstić information content (AvgIpc) is 3.26. The summed E-state index contributed by atoms with van der Waals surface area (Å²) < 4.78 is 2.32. The first-order valence-corrected chi connectivity index (χ1v) is 11.8. The van der Waals surface area contributed by atoms with Gasteiger partial charge >= 0.3 is 0 Å². The van der Waals surface area contributed by atoms with Crippen LogP contribution < -0.4 is 0 Å². The van der Waals surface area contributed by atoms with Gasteiger partial charge in [0.25, 0.3) is 0 Å². The molecule has 0 saturated heterocycles. The minimum atomic E-state index is 0.908. The molecule has 0 bridgehead atoms. The summed E-state index contributed by atoms with van der Waals surface area (Å²) in [4.78, 5) is 9.41. The fourth-order valence-corrected chi connectivity index (χ4v) is 5.70. The summed E-state index contributed by atoms with van der Waals surface area (Å²) in [6.07, 6.45) is 3.74. The van der Waals surface area contributed by atoms with Gasteiger partial charge in [0.15, 0.2) is 0 Å². The topological polar surface area (TPSA) is 30.7 Å². The number of hydrogen-bond donors (Lipinski definition) is 0. The molecule has 8 rings (SSSR count). The maximum atomic E-state index is 4.93. The number of benzene rings is 5. The maximum absolute atomic E-state index is 4.93. The highest BCUT2D eigenvalue weighted by atomic mass is 15.1. The van der Waals surface area contributed by atoms with Gasteiger partial charge in [-0.2, -0.15) is 0 Å². The molecule has 5 aromatic carbocycles. The Morgan fingerprint density at radius 2 is 1.37 bits per heavy atom. The third-order valence-corrected chi connectivity index (χ3v) is 7.22. The van der Waals surface area contributed by atoms with Crippen molar-refractivity contribution in [3.8, 4) is 17.1 Å². The second-order valence-electron chi connectivity index (χ2n) is 9.10. The van der Waals surface area contributed by atoms with E-state index in [1.54, 1.807) is 0 Å². The molecule has 0 spiro atoms. The average molecular weight is 446 g/mol. The van der Waals surface area contributed by atoms with Crippen LogP contribution in [0.4, 0.5) is 0 Å². The van der Waals surface area contributed by atoms with Crippen LogP contribution in [-0.4, -0.2) is 14.5 Å². The summed E-state index contributed by atoms with van der Waals surface area (Å²) in [6.45, 7) is 0. The molecule has 162 valence electrons. The lowest BCUT2D eigenvalue weighted by molar-refractivity contribution is 1.08. The van der Waals surface area contributed by atoms with Crippen LogP contribution in [0.5, 0.6) is 0 Å². The van der Waals surface area contributed by atoms with Gasteiger partial charge in [0, 0.05) is 34.1 Å². The smallest absolute Gasteiger partial charge is 0.137 e. The number of rotatable bonds is 2. The first kappa shape index (κ1) is 18.6. The van der Waals surface area contributed by atoms with Crippen molar-refractivity contribution in [2.24, 2.45) is 0 Å². The Balaban J connectivity index is 1.51. The van der Waals surface area contributed by atoms with Gasteiger partial charge in [-0.1, -0.05) is 66.7 Å². The van der Waals surface area contributed by atoms with Gasteiger partial charge in [0.05, 0.1) is 16.7 Å². The van der Waals surface area contributed by atoms with E-state index in [0.717, 1.165) is 22.6 Å². The lowest BCUT2D eigenvalue weighted by atomic mass is 9.92. The van der Waals surface area contributed by atoms with Gasteiger partial charge in [0.1, 0.15) is 5.82 Å². The highest BCUT2D eigenvalue weighted by molar-refractivity contribution is 6.31. The molecule has 0 N–H and O–H groups in total. The molecule has 3 aromatic heterocycles. The van der Waals surface area contributed by atoms with E-state index >= 15 is 0 Å². The van der Waals surface area contributed by atoms with Crippen molar-refractivity contribution < 1.29 is 0 Å². The Labute approximate surface area is 201 Å². The van der Waals surface area contributed by atoms with Crippen LogP contribution in [0.25, 0.3) is 71.2 Å². The Bertz CT molecular complexity index is 2020. The predicted octanol–water partition coefficient (Wildman–Crippen LogP) is 8.14. The molecule has 3 nitrogen and oxygen atoms in total. The van der Waals surface area contributed by atoms with Crippen molar-refractivity contribution >= 4 is 54.1 Å². The van der Waals surface area contributed by atoms with Crippen LogP contribution in [0.15, 0.2) is 116 Å². The molecule has 3 heterocycles. The van der Waals surface area contributed by atoms with Crippen molar-refractivity contribution in [1.29, 1.82) is 0 Å². The summed E-state index contributed by atoms with van der Waals surface area (Å²) in [7, 11) is 0. The summed E-state index contributed by atoms with van der Waals surface area (Å²) in [5, 5.41) is 10.2. The largest absolute Gasteiger partial charge is 0.293 e. The predicted molar refractivity (Wildman–Crippen MR) is 146 cm³/mol. The molecule has 8 aromatic rings. The molecule has 0 aliphatic carbocycles. The third kappa shape index (κ3) is 2.55. The molecule has 0 aliphatic heterocycles. The van der Waals surface area contributed by atoms with E-state index in [4.69, 9.17) is 4.98 Å². The SMILES string of the molecule is c1ccc(-c2ccc(-n3c4ccccc4c4cc5ccc6cccc7ccc(c5c67)c43)nc2)nc1. The summed E-state index contributed by atoms with van der Waals surface area (Å²) in [5.41, 5.74) is 4.31. The molecule has 0 unspecified atom stereocenters. The molecule has 0 atom stereocenters. The second-order valence-corrected chi connectivity index (χ2v) is 9.10. The van der Waals surface area contributed by atoms with Crippen molar-refractivity contribution in [1.82, 2.24) is 14.5 Å². The van der Waals surface area contributed by atoms with Crippen LogP contribution in [-0.2, 0) is 0 Å². The van der Waals surface area contributed by atoms with E-state index in [2.05, 4.69) is 94.5 Å². The standard InChI is InChI=1S/C32H19N3/c1-2-10-28-24(8-1)26-18-22-12-11-20-6-5-7-21-13-15-25(31(22)30(20)21)32(26)35(28)29-16-14-23(19-34-29)27-9-3-4-17-33-27/h1-19H. The van der Waals surface area contributed by atoms with E-state index in [-0.39, 0.29) is 0 Å². The maximum Gasteiger partial charge on any atom is 0.137 e. The Hall–Kier alpha value is -4.76. The number of nitrogens with zero attached hydrogens (tertiary/aromatic N) is 3. The van der Waals surface area contributed by atoms with E-state index in [1.165, 1.54) is 48.6 Å². The van der Waals surface area contributed by atoms with Crippen molar-refractivity contribution in [2.75, 3.05) is 0 Å². The summed E-state index contributed by atoms with van der Waals surface area (Å²) in [6, 6.07) is 36.7. The Morgan fingerprint density at radius 3 is 2.20 bits per heavy atom. The molecule has 0 fully saturated rings. The first-order valence-electron chi connectivity index (χ1n) is 11.8. The number of hydrogen-bond acceptors (Lipinski definition) is 2. The Morgan fingerprint density at radius 1 is 0.543 bits per heavy atom. The van der Waals surface area contributed by atoms with Gasteiger partial charge in [-0.3, -0.25) is 9.55 Å². The van der Waals surface area contributed by atoms with Gasteiger partial charge in [-0.15, -0.1) is 0 Å².